The fourth-order valence-electron chi connectivity index (χ4n) is 9.01. The summed E-state index contributed by atoms with van der Waals surface area (Å²) in [5, 5.41) is 6.97. The van der Waals surface area contributed by atoms with Crippen molar-refractivity contribution in [2.45, 2.75) is 0 Å². The van der Waals surface area contributed by atoms with Gasteiger partial charge in [-0.05, 0) is 111 Å². The van der Waals surface area contributed by atoms with Crippen LogP contribution < -0.4 is 4.90 Å². The van der Waals surface area contributed by atoms with Gasteiger partial charge in [0, 0.05) is 42.4 Å². The number of hydrogen-bond acceptors (Lipinski definition) is 4. The fraction of sp³-hybridized carbons (Fsp3) is 0. The van der Waals surface area contributed by atoms with Crippen LogP contribution in [-0.2, 0) is 0 Å². The van der Waals surface area contributed by atoms with Crippen LogP contribution in [0, 0.1) is 0 Å². The van der Waals surface area contributed by atoms with Crippen LogP contribution in [0.5, 0.6) is 0 Å². The van der Waals surface area contributed by atoms with Crippen LogP contribution >= 0.6 is 11.3 Å². The summed E-state index contributed by atoms with van der Waals surface area (Å²) in [6.45, 7) is 0. The molecule has 0 amide bonds. The number of aromatic nitrogens is 1. The van der Waals surface area contributed by atoms with E-state index >= 15 is 0 Å². The summed E-state index contributed by atoms with van der Waals surface area (Å²) < 4.78 is 9.16. The summed E-state index contributed by atoms with van der Waals surface area (Å²) >= 11 is 1.85. The van der Waals surface area contributed by atoms with Gasteiger partial charge in [0.2, 0.25) is 5.89 Å². The molecule has 61 heavy (non-hydrogen) atoms. The van der Waals surface area contributed by atoms with Crippen LogP contribution in [-0.4, -0.2) is 4.98 Å². The van der Waals surface area contributed by atoms with E-state index in [0.717, 1.165) is 77.7 Å². The lowest BCUT2D eigenvalue weighted by Gasteiger charge is -2.30. The van der Waals surface area contributed by atoms with E-state index in [-0.39, 0.29) is 0 Å². The summed E-state index contributed by atoms with van der Waals surface area (Å²) in [6.07, 6.45) is 0. The average molecular weight is 797 g/mol. The normalized spacial score (nSPS) is 11.6. The molecule has 0 aliphatic rings. The molecule has 2 aromatic heterocycles. The highest BCUT2D eigenvalue weighted by Crippen LogP contribution is 2.50. The number of rotatable bonds is 7. The molecular weight excluding hydrogens is 761 g/mol. The van der Waals surface area contributed by atoms with E-state index in [1.165, 1.54) is 31.1 Å². The first kappa shape index (κ1) is 35.2. The topological polar surface area (TPSA) is 29.3 Å². The van der Waals surface area contributed by atoms with Gasteiger partial charge in [0.15, 0.2) is 5.58 Å². The van der Waals surface area contributed by atoms with Gasteiger partial charge in [0.25, 0.3) is 0 Å². The Morgan fingerprint density at radius 2 is 1.08 bits per heavy atom. The summed E-state index contributed by atoms with van der Waals surface area (Å²) in [5.41, 5.74) is 12.8. The number of nitrogens with zero attached hydrogens (tertiary/aromatic N) is 2. The van der Waals surface area contributed by atoms with E-state index in [2.05, 4.69) is 223 Å². The molecule has 3 nitrogen and oxygen atoms in total. The summed E-state index contributed by atoms with van der Waals surface area (Å²) in [4.78, 5) is 7.46. The number of hydrogen-bond donors (Lipinski definition) is 0. The van der Waals surface area contributed by atoms with Gasteiger partial charge < -0.3 is 9.32 Å². The van der Waals surface area contributed by atoms with Crippen molar-refractivity contribution >= 4 is 81.2 Å². The molecule has 0 N–H and O–H groups in total. The predicted octanol–water partition coefficient (Wildman–Crippen LogP) is 16.6. The number of benzene rings is 10. The van der Waals surface area contributed by atoms with Crippen LogP contribution in [0.1, 0.15) is 0 Å². The maximum absolute atomic E-state index is 6.63. The molecule has 12 aromatic rings. The van der Waals surface area contributed by atoms with Crippen LogP contribution in [0.3, 0.4) is 0 Å². The van der Waals surface area contributed by atoms with E-state index in [9.17, 15) is 0 Å². The molecule has 0 saturated carbocycles. The maximum Gasteiger partial charge on any atom is 0.227 e. The monoisotopic (exact) mass is 796 g/mol. The fourth-order valence-corrected chi connectivity index (χ4v) is 10.1. The molecule has 0 spiro atoms. The van der Waals surface area contributed by atoms with Gasteiger partial charge in [-0.3, -0.25) is 0 Å². The lowest BCUT2D eigenvalue weighted by Crippen LogP contribution is -2.12. The van der Waals surface area contributed by atoms with E-state index in [0.29, 0.717) is 5.89 Å². The van der Waals surface area contributed by atoms with Gasteiger partial charge in [-0.2, -0.15) is 0 Å². The zero-order valence-corrected chi connectivity index (χ0v) is 33.8. The van der Waals surface area contributed by atoms with Crippen molar-refractivity contribution < 1.29 is 4.42 Å². The lowest BCUT2D eigenvalue weighted by molar-refractivity contribution is 0.623. The second-order valence-electron chi connectivity index (χ2n) is 15.5. The SMILES string of the molecule is c1ccc(-c2cccc(N(c3cccc(-c4ccccc4)c3-c3ccc4c(ccc5nc(-c6ccc7ccccc7c6)oc54)c3)c3cccc4sc5ccccc5c34)c2)cc1. The third-order valence-electron chi connectivity index (χ3n) is 11.9. The van der Waals surface area contributed by atoms with Gasteiger partial charge in [0.05, 0.1) is 11.4 Å². The third-order valence-corrected chi connectivity index (χ3v) is 13.0. The molecule has 0 aliphatic heterocycles. The zero-order valence-electron chi connectivity index (χ0n) is 33.0. The van der Waals surface area contributed by atoms with Gasteiger partial charge in [-0.1, -0.05) is 152 Å². The highest BCUT2D eigenvalue weighted by molar-refractivity contribution is 7.26. The Morgan fingerprint density at radius 1 is 0.410 bits per heavy atom. The standard InChI is InChI=1S/C57H36N2OS/c1-3-14-37(15-4-1)41-20-11-21-45(36-41)59(51-25-13-27-53-55(51)48-22-9-10-26-52(48)61-53)50-24-12-23-46(39-17-5-2-6-18-39)54(50)43-30-32-47-42(35-43)31-33-49-56(47)60-57(58-49)44-29-28-38-16-7-8-19-40(38)34-44/h1-36H. The Bertz CT molecular complexity index is 3610. The number of thiophene rings is 1. The van der Waals surface area contributed by atoms with Gasteiger partial charge in [-0.15, -0.1) is 11.3 Å². The largest absolute Gasteiger partial charge is 0.435 e. The molecule has 2 heterocycles. The van der Waals surface area contributed by atoms with E-state index < -0.39 is 0 Å². The van der Waals surface area contributed by atoms with E-state index in [4.69, 9.17) is 9.40 Å². The molecule has 12 rings (SSSR count). The molecule has 10 aromatic carbocycles. The summed E-state index contributed by atoms with van der Waals surface area (Å²) in [7, 11) is 0. The van der Waals surface area contributed by atoms with Crippen molar-refractivity contribution in [2.75, 3.05) is 4.90 Å². The van der Waals surface area contributed by atoms with Gasteiger partial charge in [0.1, 0.15) is 5.52 Å². The highest BCUT2D eigenvalue weighted by atomic mass is 32.1. The quantitative estimate of drug-likeness (QED) is 0.161. The maximum atomic E-state index is 6.63. The minimum absolute atomic E-state index is 0.623. The Labute approximate surface area is 357 Å². The number of anilines is 3. The lowest BCUT2D eigenvalue weighted by atomic mass is 9.90. The van der Waals surface area contributed by atoms with Crippen molar-refractivity contribution in [3.05, 3.63) is 218 Å². The van der Waals surface area contributed by atoms with Gasteiger partial charge >= 0.3 is 0 Å². The highest BCUT2D eigenvalue weighted by Gasteiger charge is 2.24. The van der Waals surface area contributed by atoms with Gasteiger partial charge in [-0.25, -0.2) is 4.98 Å². The molecule has 0 unspecified atom stereocenters. The minimum Gasteiger partial charge on any atom is -0.435 e. The molecule has 286 valence electrons. The Hall–Kier alpha value is -7.79. The summed E-state index contributed by atoms with van der Waals surface area (Å²) in [6, 6.07) is 78.4. The molecule has 0 saturated heterocycles. The molecule has 0 radical (unpaired) electrons. The van der Waals surface area contributed by atoms with Crippen LogP contribution in [0.2, 0.25) is 0 Å². The Balaban J connectivity index is 1.09. The van der Waals surface area contributed by atoms with Crippen molar-refractivity contribution in [1.82, 2.24) is 4.98 Å². The summed E-state index contributed by atoms with van der Waals surface area (Å²) in [5.74, 6) is 0.623. The predicted molar refractivity (Wildman–Crippen MR) is 258 cm³/mol. The molecule has 0 aliphatic carbocycles. The smallest absolute Gasteiger partial charge is 0.227 e. The molecule has 0 atom stereocenters. The minimum atomic E-state index is 0.623. The van der Waals surface area contributed by atoms with E-state index in [1.807, 2.05) is 11.3 Å². The first-order chi connectivity index (χ1) is 30.2. The second-order valence-corrected chi connectivity index (χ2v) is 16.6. The van der Waals surface area contributed by atoms with Crippen molar-refractivity contribution in [1.29, 1.82) is 0 Å². The molecule has 0 bridgehead atoms. The molecule has 0 fully saturated rings. The van der Waals surface area contributed by atoms with Crippen LogP contribution in [0.4, 0.5) is 17.1 Å². The number of fused-ring (bicyclic) bond motifs is 7. The third kappa shape index (κ3) is 6.07. The van der Waals surface area contributed by atoms with E-state index in [1.54, 1.807) is 0 Å². The second kappa shape index (κ2) is 14.5. The van der Waals surface area contributed by atoms with Crippen molar-refractivity contribution in [3.8, 4) is 44.8 Å². The van der Waals surface area contributed by atoms with Crippen molar-refractivity contribution in [3.63, 3.8) is 0 Å². The average Bonchev–Trinajstić information content (AvgIpc) is 3.95. The van der Waals surface area contributed by atoms with Crippen LogP contribution in [0.25, 0.3) is 97.7 Å². The van der Waals surface area contributed by atoms with Crippen molar-refractivity contribution in [2.24, 2.45) is 0 Å². The first-order valence-electron chi connectivity index (χ1n) is 20.6. The molecule has 4 heteroatoms. The molecular formula is C57H36N2OS. The zero-order chi connectivity index (χ0) is 40.3. The Morgan fingerprint density at radius 3 is 1.97 bits per heavy atom. The first-order valence-corrected chi connectivity index (χ1v) is 21.4. The Kier molecular flexibility index (Phi) is 8.36. The van der Waals surface area contributed by atoms with Crippen LogP contribution in [0.15, 0.2) is 223 Å². The number of oxazole rings is 1.